The Morgan fingerprint density at radius 1 is 0.448 bits per heavy atom. The Hall–Kier alpha value is -2.72. The van der Waals surface area contributed by atoms with Gasteiger partial charge in [-0.25, -0.2) is 0 Å². The highest BCUT2D eigenvalue weighted by molar-refractivity contribution is 8.00. The first-order valence-electron chi connectivity index (χ1n) is 21.3. The van der Waals surface area contributed by atoms with Crippen LogP contribution in [-0.4, -0.2) is 231 Å². The summed E-state index contributed by atoms with van der Waals surface area (Å²) in [6.45, 7) is -2.81. The van der Waals surface area contributed by atoms with Gasteiger partial charge in [0.2, 0.25) is 11.8 Å². The predicted molar refractivity (Wildman–Crippen MR) is 229 cm³/mol. The Bertz CT molecular complexity index is 1740. The third-order valence-electron chi connectivity index (χ3n) is 11.5. The van der Waals surface area contributed by atoms with Crippen molar-refractivity contribution in [3.05, 3.63) is 48.5 Å². The number of aliphatic hydroxyl groups excluding tert-OH is 14. The Balaban J connectivity index is 0.907. The minimum Gasteiger partial charge on any atom is -0.394 e. The summed E-state index contributed by atoms with van der Waals surface area (Å²) in [5.74, 6) is -0.736. The van der Waals surface area contributed by atoms with Crippen molar-refractivity contribution in [3.8, 4) is 0 Å². The largest absolute Gasteiger partial charge is 0.394 e. The SMILES string of the molecule is O=C(CCCC(=O)Nc1ccc(S[C@@H]2O[C@H](CO)[C@@H](O[C@@H]3O[C@H](CO)[C@@H](O)[C@H](O)[C@H]3O)[C@H](O)[C@H]2O)cc1)Nc1ccc(S[C@@H]2O[C@H](CO)[C@@H](O[C@@H]3O[C@H](CO)[C@@H](O)[C@H](O)[C@H]3O)[C@H](O)[C@H]2O)cc1. The quantitative estimate of drug-likeness (QED) is 0.0664. The fourth-order valence-electron chi connectivity index (χ4n) is 7.66. The zero-order chi connectivity index (χ0) is 48.7. The Kier molecular flexibility index (Phi) is 19.5. The zero-order valence-corrected chi connectivity index (χ0v) is 37.1. The maximum absolute atomic E-state index is 12.7. The fraction of sp³-hybridized carbons (Fsp3) is 0.659. The van der Waals surface area contributed by atoms with Gasteiger partial charge in [-0.1, -0.05) is 23.5 Å². The van der Waals surface area contributed by atoms with E-state index in [1.807, 2.05) is 0 Å². The maximum Gasteiger partial charge on any atom is 0.224 e. The summed E-state index contributed by atoms with van der Waals surface area (Å²) in [5, 5.41) is 149. The first-order chi connectivity index (χ1) is 32.0. The van der Waals surface area contributed by atoms with Gasteiger partial charge < -0.3 is 111 Å². The molecule has 24 nitrogen and oxygen atoms in total. The van der Waals surface area contributed by atoms with Crippen LogP contribution in [-0.2, 0) is 38.0 Å². The lowest BCUT2D eigenvalue weighted by molar-refractivity contribution is -0.338. The van der Waals surface area contributed by atoms with Gasteiger partial charge in [-0.3, -0.25) is 9.59 Å². The van der Waals surface area contributed by atoms with E-state index in [2.05, 4.69) is 10.6 Å². The molecule has 0 unspecified atom stereocenters. The second-order valence-corrected chi connectivity index (χ2v) is 18.6. The molecule has 0 bridgehead atoms. The molecule has 0 saturated carbocycles. The van der Waals surface area contributed by atoms with Crippen LogP contribution in [0.3, 0.4) is 0 Å². The van der Waals surface area contributed by atoms with Gasteiger partial charge in [-0.2, -0.15) is 0 Å². The van der Waals surface area contributed by atoms with Gasteiger partial charge in [0.15, 0.2) is 12.6 Å². The molecule has 4 fully saturated rings. The second-order valence-electron chi connectivity index (χ2n) is 16.2. The van der Waals surface area contributed by atoms with E-state index < -0.39 is 148 Å². The fourth-order valence-corrected chi connectivity index (χ4v) is 9.78. The van der Waals surface area contributed by atoms with Gasteiger partial charge in [0.05, 0.1) is 26.4 Å². The smallest absolute Gasteiger partial charge is 0.224 e. The van der Waals surface area contributed by atoms with E-state index in [9.17, 15) is 81.1 Å². The lowest BCUT2D eigenvalue weighted by atomic mass is 9.97. The molecule has 4 heterocycles. The van der Waals surface area contributed by atoms with E-state index in [4.69, 9.17) is 28.4 Å². The number of rotatable bonds is 18. The third kappa shape index (κ3) is 13.0. The van der Waals surface area contributed by atoms with Crippen LogP contribution in [0, 0.1) is 0 Å². The highest BCUT2D eigenvalue weighted by Crippen LogP contribution is 2.38. The molecule has 0 spiro atoms. The van der Waals surface area contributed by atoms with E-state index in [1.54, 1.807) is 48.5 Å². The highest BCUT2D eigenvalue weighted by Gasteiger charge is 2.52. The minimum absolute atomic E-state index is 0.00716. The van der Waals surface area contributed by atoms with Gasteiger partial charge in [0.25, 0.3) is 0 Å². The molecule has 376 valence electrons. The second kappa shape index (κ2) is 24.4. The van der Waals surface area contributed by atoms with Crippen molar-refractivity contribution in [2.45, 2.75) is 150 Å². The number of nitrogens with one attached hydrogen (secondary N) is 2. The summed E-state index contributed by atoms with van der Waals surface area (Å²) >= 11 is 2.00. The summed E-state index contributed by atoms with van der Waals surface area (Å²) in [6, 6.07) is 12.8. The Morgan fingerprint density at radius 2 is 0.791 bits per heavy atom. The molecule has 4 aliphatic heterocycles. The van der Waals surface area contributed by atoms with Crippen LogP contribution in [0.15, 0.2) is 58.3 Å². The van der Waals surface area contributed by atoms with Crippen LogP contribution in [0.2, 0.25) is 0 Å². The van der Waals surface area contributed by atoms with Crippen molar-refractivity contribution in [1.82, 2.24) is 0 Å². The predicted octanol–water partition coefficient (Wildman–Crippen LogP) is -5.13. The van der Waals surface area contributed by atoms with Crippen LogP contribution in [0.1, 0.15) is 19.3 Å². The number of thioether (sulfide) groups is 2. The average Bonchev–Trinajstić information content (AvgIpc) is 3.32. The number of benzene rings is 2. The average molecular weight is 995 g/mol. The Morgan fingerprint density at radius 3 is 1.12 bits per heavy atom. The van der Waals surface area contributed by atoms with Gasteiger partial charge in [0, 0.05) is 34.0 Å². The number of carbonyl (C=O) groups excluding carboxylic acids is 2. The zero-order valence-electron chi connectivity index (χ0n) is 35.5. The van der Waals surface area contributed by atoms with E-state index in [-0.39, 0.29) is 31.1 Å². The van der Waals surface area contributed by atoms with Gasteiger partial charge in [0.1, 0.15) is 109 Å². The van der Waals surface area contributed by atoms with Crippen molar-refractivity contribution < 1.29 is 110 Å². The molecule has 67 heavy (non-hydrogen) atoms. The molecule has 2 aromatic carbocycles. The van der Waals surface area contributed by atoms with E-state index >= 15 is 0 Å². The number of anilines is 2. The molecular weight excluding hydrogens is 937 g/mol. The third-order valence-corrected chi connectivity index (χ3v) is 13.8. The molecular formula is C41H58N2O22S2. The molecule has 4 saturated heterocycles. The monoisotopic (exact) mass is 994 g/mol. The van der Waals surface area contributed by atoms with Gasteiger partial charge in [-0.15, -0.1) is 0 Å². The number of ether oxygens (including phenoxy) is 6. The number of amides is 2. The van der Waals surface area contributed by atoms with Crippen LogP contribution < -0.4 is 10.6 Å². The lowest BCUT2D eigenvalue weighted by Gasteiger charge is -2.46. The molecule has 16 N–H and O–H groups in total. The summed E-state index contributed by atoms with van der Waals surface area (Å²) < 4.78 is 33.5. The summed E-state index contributed by atoms with van der Waals surface area (Å²) in [6.07, 6.45) is -27.9. The maximum atomic E-state index is 12.7. The summed E-state index contributed by atoms with van der Waals surface area (Å²) in [5.41, 5.74) is -1.37. The minimum atomic E-state index is -1.79. The van der Waals surface area contributed by atoms with Crippen LogP contribution in [0.4, 0.5) is 11.4 Å². The molecule has 26 heteroatoms. The molecule has 20 atom stereocenters. The molecule has 2 aromatic rings. The molecule has 0 radical (unpaired) electrons. The first kappa shape index (κ1) is 53.6. The van der Waals surface area contributed by atoms with Crippen LogP contribution >= 0.6 is 23.5 Å². The van der Waals surface area contributed by atoms with Crippen molar-refractivity contribution >= 4 is 46.7 Å². The van der Waals surface area contributed by atoms with Crippen molar-refractivity contribution in [1.29, 1.82) is 0 Å². The van der Waals surface area contributed by atoms with Gasteiger partial charge >= 0.3 is 0 Å². The highest BCUT2D eigenvalue weighted by atomic mass is 32.2. The normalized spacial score (nSPS) is 39.1. The standard InChI is InChI=1S/C41H58N2O22S2/c44-12-20-26(50)28(52)32(56)38(60-20)64-36-22(14-46)62-40(34(58)30(36)54)66-18-8-4-16(5-9-18)42-24(48)2-1-3-25(49)43-17-6-10-19(11-7-17)67-41-35(59)31(55)37(23(15-47)63-41)65-39-33(57)29(53)27(51)21(13-45)61-39/h4-11,20-23,26-41,44-47,50-59H,1-3,12-15H2,(H,42,48)(H,43,49)/t20-,21-,22-,23-,26-,27-,28+,29+,30-,31-,32-,33-,34-,35-,36-,37-,38+,39+,40+,41+/m1/s1. The van der Waals surface area contributed by atoms with Crippen LogP contribution in [0.5, 0.6) is 0 Å². The van der Waals surface area contributed by atoms with E-state index in [0.717, 1.165) is 23.5 Å². The van der Waals surface area contributed by atoms with E-state index in [0.29, 0.717) is 21.2 Å². The molecule has 6 rings (SSSR count). The van der Waals surface area contributed by atoms with Gasteiger partial charge in [-0.05, 0) is 55.0 Å². The summed E-state index contributed by atoms with van der Waals surface area (Å²) in [7, 11) is 0. The number of hydrogen-bond donors (Lipinski definition) is 16. The number of hydrogen-bond acceptors (Lipinski definition) is 24. The lowest BCUT2D eigenvalue weighted by Crippen LogP contribution is -2.64. The van der Waals surface area contributed by atoms with Crippen molar-refractivity contribution in [3.63, 3.8) is 0 Å². The first-order valence-corrected chi connectivity index (χ1v) is 23.0. The van der Waals surface area contributed by atoms with Crippen LogP contribution in [0.25, 0.3) is 0 Å². The molecule has 2 amide bonds. The van der Waals surface area contributed by atoms with E-state index in [1.165, 1.54) is 0 Å². The molecule has 4 aliphatic rings. The number of aliphatic hydroxyl groups is 14. The molecule has 0 aromatic heterocycles. The topological polar surface area (TPSA) is 397 Å². The number of carbonyl (C=O) groups is 2. The van der Waals surface area contributed by atoms with Crippen molar-refractivity contribution in [2.75, 3.05) is 37.1 Å². The molecule has 0 aliphatic carbocycles. The van der Waals surface area contributed by atoms with Crippen molar-refractivity contribution in [2.24, 2.45) is 0 Å². The Labute approximate surface area is 391 Å². The summed E-state index contributed by atoms with van der Waals surface area (Å²) in [4.78, 5) is 26.5.